The van der Waals surface area contributed by atoms with Crippen LogP contribution in [0.25, 0.3) is 0 Å². The lowest BCUT2D eigenvalue weighted by Gasteiger charge is -2.40. The van der Waals surface area contributed by atoms with E-state index in [1.54, 1.807) is 0 Å². The maximum Gasteiger partial charge on any atom is 0.220 e. The lowest BCUT2D eigenvalue weighted by molar-refractivity contribution is -0.302. The summed E-state index contributed by atoms with van der Waals surface area (Å²) in [6, 6.07) is -0.714. The highest BCUT2D eigenvalue weighted by molar-refractivity contribution is 5.76. The lowest BCUT2D eigenvalue weighted by Crippen LogP contribution is -2.60. The monoisotopic (exact) mass is 966 g/mol. The second kappa shape index (κ2) is 49.5. The Labute approximate surface area is 420 Å². The average molecular weight is 967 g/mol. The molecule has 1 amide bonds. The molecule has 0 spiro atoms. The second-order valence-electron chi connectivity index (χ2n) is 21.1. The molecule has 0 aromatic carbocycles. The number of aliphatic hydroxyl groups is 5. The molecule has 68 heavy (non-hydrogen) atoms. The van der Waals surface area contributed by atoms with Crippen LogP contribution in [-0.2, 0) is 14.3 Å². The van der Waals surface area contributed by atoms with Gasteiger partial charge in [-0.05, 0) is 38.5 Å². The number of ether oxygens (including phenoxy) is 2. The normalized spacial score (nSPS) is 19.5. The van der Waals surface area contributed by atoms with Crippen molar-refractivity contribution in [3.63, 3.8) is 0 Å². The van der Waals surface area contributed by atoms with E-state index in [4.69, 9.17) is 9.47 Å². The molecule has 0 saturated carbocycles. The van der Waals surface area contributed by atoms with Crippen molar-refractivity contribution in [2.75, 3.05) is 13.2 Å². The molecule has 7 atom stereocenters. The molecule has 1 rings (SSSR count). The summed E-state index contributed by atoms with van der Waals surface area (Å²) < 4.78 is 11.3. The molecule has 7 unspecified atom stereocenters. The van der Waals surface area contributed by atoms with Gasteiger partial charge in [0.2, 0.25) is 5.91 Å². The van der Waals surface area contributed by atoms with Gasteiger partial charge in [-0.2, -0.15) is 0 Å². The Kier molecular flexibility index (Phi) is 47.3. The summed E-state index contributed by atoms with van der Waals surface area (Å²) in [5.74, 6) is -0.139. The molecule has 0 aliphatic carbocycles. The number of nitrogens with one attached hydrogen (secondary N) is 1. The maximum atomic E-state index is 13.1. The third-order valence-electron chi connectivity index (χ3n) is 14.6. The standard InChI is InChI=1S/C59H115NO8/c1-3-5-7-9-11-13-15-17-18-19-20-21-22-23-24-25-26-27-28-29-30-31-32-33-34-35-37-39-41-43-45-47-49-55(63)60-52(51-67-59-58(66)57(65)56(64)54(50-61)68-59)53(62)48-46-44-42-40-38-36-16-14-12-10-8-6-4-2/h23-24,52-54,56-59,61-62,64-66H,3-22,25-51H2,1-2H3,(H,60,63)/b24-23-. The van der Waals surface area contributed by atoms with E-state index in [-0.39, 0.29) is 12.5 Å². The molecule has 1 saturated heterocycles. The summed E-state index contributed by atoms with van der Waals surface area (Å²) in [5.41, 5.74) is 0. The third kappa shape index (κ3) is 38.6. The molecule has 0 aromatic heterocycles. The molecule has 404 valence electrons. The zero-order valence-electron chi connectivity index (χ0n) is 44.9. The Morgan fingerprint density at radius 3 is 1.19 bits per heavy atom. The molecule has 6 N–H and O–H groups in total. The minimum Gasteiger partial charge on any atom is -0.394 e. The summed E-state index contributed by atoms with van der Waals surface area (Å²) in [6.07, 6.45) is 54.1. The molecule has 0 aromatic rings. The van der Waals surface area contributed by atoms with Crippen LogP contribution >= 0.6 is 0 Å². The van der Waals surface area contributed by atoms with Crippen LogP contribution in [0.4, 0.5) is 0 Å². The predicted octanol–water partition coefficient (Wildman–Crippen LogP) is 14.8. The van der Waals surface area contributed by atoms with Crippen molar-refractivity contribution in [1.29, 1.82) is 0 Å². The highest BCUT2D eigenvalue weighted by Crippen LogP contribution is 2.23. The van der Waals surface area contributed by atoms with E-state index >= 15 is 0 Å². The first-order valence-corrected chi connectivity index (χ1v) is 29.9. The van der Waals surface area contributed by atoms with Gasteiger partial charge in [0.15, 0.2) is 6.29 Å². The van der Waals surface area contributed by atoms with E-state index in [0.717, 1.165) is 38.5 Å². The molecular formula is C59H115NO8. The van der Waals surface area contributed by atoms with Crippen LogP contribution in [0, 0.1) is 0 Å². The van der Waals surface area contributed by atoms with Crippen LogP contribution in [0.5, 0.6) is 0 Å². The molecule has 0 bridgehead atoms. The van der Waals surface area contributed by atoms with Crippen LogP contribution in [0.1, 0.15) is 303 Å². The Bertz CT molecular complexity index is 1080. The largest absolute Gasteiger partial charge is 0.394 e. The number of rotatable bonds is 52. The molecule has 1 aliphatic heterocycles. The van der Waals surface area contributed by atoms with Crippen molar-refractivity contribution in [3.05, 3.63) is 12.2 Å². The van der Waals surface area contributed by atoms with Gasteiger partial charge in [0.05, 0.1) is 25.4 Å². The number of amides is 1. The number of aliphatic hydroxyl groups excluding tert-OH is 5. The Morgan fingerprint density at radius 1 is 0.485 bits per heavy atom. The van der Waals surface area contributed by atoms with Crippen molar-refractivity contribution in [2.24, 2.45) is 0 Å². The first-order chi connectivity index (χ1) is 33.3. The fourth-order valence-electron chi connectivity index (χ4n) is 9.87. The van der Waals surface area contributed by atoms with Gasteiger partial charge < -0.3 is 40.3 Å². The zero-order valence-corrected chi connectivity index (χ0v) is 44.9. The van der Waals surface area contributed by atoms with Gasteiger partial charge in [-0.3, -0.25) is 4.79 Å². The Morgan fingerprint density at radius 2 is 0.824 bits per heavy atom. The number of hydrogen-bond donors (Lipinski definition) is 6. The van der Waals surface area contributed by atoms with Crippen LogP contribution in [0.3, 0.4) is 0 Å². The Balaban J connectivity index is 2.09. The fraction of sp³-hybridized carbons (Fsp3) is 0.949. The number of hydrogen-bond acceptors (Lipinski definition) is 8. The first kappa shape index (κ1) is 64.9. The van der Waals surface area contributed by atoms with E-state index in [9.17, 15) is 30.3 Å². The Hall–Kier alpha value is -1.07. The van der Waals surface area contributed by atoms with Crippen LogP contribution in [0.2, 0.25) is 0 Å². The molecular weight excluding hydrogens is 851 g/mol. The summed E-state index contributed by atoms with van der Waals surface area (Å²) in [5, 5.41) is 54.6. The third-order valence-corrected chi connectivity index (χ3v) is 14.6. The molecule has 1 heterocycles. The van der Waals surface area contributed by atoms with E-state index in [0.29, 0.717) is 12.8 Å². The SMILES string of the molecule is CCCCCCCCCCCCCC/C=C\CCCCCCCCCCCCCCCCCCC(=O)NC(COC1OC(CO)C(O)C(O)C1O)C(O)CCCCCCCCCCCCCCC. The summed E-state index contributed by atoms with van der Waals surface area (Å²) in [4.78, 5) is 13.1. The van der Waals surface area contributed by atoms with E-state index in [2.05, 4.69) is 31.3 Å². The number of allylic oxidation sites excluding steroid dienone is 2. The van der Waals surface area contributed by atoms with Crippen molar-refractivity contribution < 1.29 is 39.8 Å². The maximum absolute atomic E-state index is 13.1. The van der Waals surface area contributed by atoms with E-state index in [1.807, 2.05) is 0 Å². The van der Waals surface area contributed by atoms with Crippen molar-refractivity contribution >= 4 is 5.91 Å². The van der Waals surface area contributed by atoms with Gasteiger partial charge in [0, 0.05) is 6.42 Å². The minimum atomic E-state index is -1.55. The molecule has 0 radical (unpaired) electrons. The summed E-state index contributed by atoms with van der Waals surface area (Å²) >= 11 is 0. The highest BCUT2D eigenvalue weighted by Gasteiger charge is 2.44. The van der Waals surface area contributed by atoms with Crippen molar-refractivity contribution in [1.82, 2.24) is 5.32 Å². The van der Waals surface area contributed by atoms with Gasteiger partial charge in [0.1, 0.15) is 24.4 Å². The number of carbonyl (C=O) groups is 1. The second-order valence-corrected chi connectivity index (χ2v) is 21.1. The van der Waals surface area contributed by atoms with E-state index in [1.165, 1.54) is 238 Å². The van der Waals surface area contributed by atoms with Gasteiger partial charge in [-0.25, -0.2) is 0 Å². The summed E-state index contributed by atoms with van der Waals surface area (Å²) in [6.45, 7) is 3.87. The van der Waals surface area contributed by atoms with Gasteiger partial charge in [-0.1, -0.05) is 270 Å². The highest BCUT2D eigenvalue weighted by atomic mass is 16.7. The van der Waals surface area contributed by atoms with E-state index < -0.39 is 49.5 Å². The average Bonchev–Trinajstić information content (AvgIpc) is 3.34. The predicted molar refractivity (Wildman–Crippen MR) is 286 cm³/mol. The molecule has 1 fully saturated rings. The van der Waals surface area contributed by atoms with Crippen LogP contribution in [0.15, 0.2) is 12.2 Å². The first-order valence-electron chi connectivity index (χ1n) is 29.9. The number of unbranched alkanes of at least 4 members (excludes halogenated alkanes) is 40. The zero-order chi connectivity index (χ0) is 49.4. The number of carbonyl (C=O) groups excluding carboxylic acids is 1. The summed E-state index contributed by atoms with van der Waals surface area (Å²) in [7, 11) is 0. The molecule has 9 heteroatoms. The van der Waals surface area contributed by atoms with Crippen molar-refractivity contribution in [3.8, 4) is 0 Å². The topological polar surface area (TPSA) is 149 Å². The van der Waals surface area contributed by atoms with Crippen LogP contribution < -0.4 is 5.32 Å². The molecule has 9 nitrogen and oxygen atoms in total. The molecule has 1 aliphatic rings. The van der Waals surface area contributed by atoms with Gasteiger partial charge >= 0.3 is 0 Å². The lowest BCUT2D eigenvalue weighted by atomic mass is 9.99. The fourth-order valence-corrected chi connectivity index (χ4v) is 9.87. The van der Waals surface area contributed by atoms with Gasteiger partial charge in [0.25, 0.3) is 0 Å². The quantitative estimate of drug-likeness (QED) is 0.0261. The van der Waals surface area contributed by atoms with Gasteiger partial charge in [-0.15, -0.1) is 0 Å². The van der Waals surface area contributed by atoms with Crippen LogP contribution in [-0.4, -0.2) is 87.5 Å². The minimum absolute atomic E-state index is 0.133. The van der Waals surface area contributed by atoms with Crippen molar-refractivity contribution in [2.45, 2.75) is 346 Å². The smallest absolute Gasteiger partial charge is 0.220 e.